The van der Waals surface area contributed by atoms with Gasteiger partial charge in [-0.2, -0.15) is 0 Å². The molecular formula is C25H32N2O5. The van der Waals surface area contributed by atoms with Gasteiger partial charge >= 0.3 is 0 Å². The highest BCUT2D eigenvalue weighted by molar-refractivity contribution is 5.91. The van der Waals surface area contributed by atoms with Crippen LogP contribution in [0.25, 0.3) is 0 Å². The zero-order valence-electron chi connectivity index (χ0n) is 19.7. The van der Waals surface area contributed by atoms with Crippen LogP contribution in [0.5, 0.6) is 17.2 Å². The Morgan fingerprint density at radius 3 is 2.59 bits per heavy atom. The van der Waals surface area contributed by atoms with E-state index in [1.165, 1.54) is 0 Å². The lowest BCUT2D eigenvalue weighted by molar-refractivity contribution is -0.138. The summed E-state index contributed by atoms with van der Waals surface area (Å²) in [6.07, 6.45) is -0.216. The lowest BCUT2D eigenvalue weighted by Gasteiger charge is -2.24. The van der Waals surface area contributed by atoms with E-state index in [4.69, 9.17) is 14.2 Å². The van der Waals surface area contributed by atoms with E-state index in [1.54, 1.807) is 38.2 Å². The Balaban J connectivity index is 1.86. The Morgan fingerprint density at radius 2 is 1.94 bits per heavy atom. The number of hydrogen-bond donors (Lipinski definition) is 1. The van der Waals surface area contributed by atoms with Crippen molar-refractivity contribution >= 4 is 17.5 Å². The predicted molar refractivity (Wildman–Crippen MR) is 123 cm³/mol. The molecule has 32 heavy (non-hydrogen) atoms. The third-order valence-electron chi connectivity index (χ3n) is 5.21. The van der Waals surface area contributed by atoms with Crippen LogP contribution in [-0.2, 0) is 22.7 Å². The van der Waals surface area contributed by atoms with E-state index in [0.717, 1.165) is 11.1 Å². The molecule has 2 aromatic rings. The number of carbonyl (C=O) groups excluding carboxylic acids is 2. The molecule has 0 radical (unpaired) electrons. The molecule has 172 valence electrons. The van der Waals surface area contributed by atoms with Gasteiger partial charge in [0.15, 0.2) is 17.6 Å². The number of rotatable bonds is 6. The van der Waals surface area contributed by atoms with Gasteiger partial charge < -0.3 is 24.4 Å². The second kappa shape index (κ2) is 9.51. The number of para-hydroxylation sites is 1. The lowest BCUT2D eigenvalue weighted by atomic mass is 9.92. The molecule has 1 heterocycles. The van der Waals surface area contributed by atoms with Crippen LogP contribution in [0.1, 0.15) is 45.2 Å². The van der Waals surface area contributed by atoms with Crippen LogP contribution in [0.4, 0.5) is 5.69 Å². The molecule has 1 atom stereocenters. The van der Waals surface area contributed by atoms with Gasteiger partial charge in [-0.1, -0.05) is 32.9 Å². The first-order chi connectivity index (χ1) is 15.1. The van der Waals surface area contributed by atoms with Crippen molar-refractivity contribution in [1.29, 1.82) is 0 Å². The van der Waals surface area contributed by atoms with Crippen molar-refractivity contribution in [3.8, 4) is 17.2 Å². The van der Waals surface area contributed by atoms with Gasteiger partial charge in [0.2, 0.25) is 5.91 Å². The maximum absolute atomic E-state index is 13.1. The van der Waals surface area contributed by atoms with Crippen molar-refractivity contribution in [2.45, 2.75) is 53.3 Å². The molecule has 0 spiro atoms. The summed E-state index contributed by atoms with van der Waals surface area (Å²) < 4.78 is 16.8. The maximum atomic E-state index is 13.1. The monoisotopic (exact) mass is 440 g/mol. The van der Waals surface area contributed by atoms with E-state index in [0.29, 0.717) is 42.4 Å². The molecule has 1 N–H and O–H groups in total. The highest BCUT2D eigenvalue weighted by Gasteiger charge is 2.29. The molecule has 3 rings (SSSR count). The summed E-state index contributed by atoms with van der Waals surface area (Å²) >= 11 is 0. The second-order valence-electron chi connectivity index (χ2n) is 9.22. The molecular weight excluding hydrogens is 408 g/mol. The Hall–Kier alpha value is -3.22. The topological polar surface area (TPSA) is 77.1 Å². The first-order valence-electron chi connectivity index (χ1n) is 10.7. The van der Waals surface area contributed by atoms with E-state index >= 15 is 0 Å². The number of amides is 2. The molecule has 0 aliphatic carbocycles. The average Bonchev–Trinajstić information content (AvgIpc) is 2.83. The van der Waals surface area contributed by atoms with Gasteiger partial charge in [0.1, 0.15) is 5.75 Å². The molecule has 1 aliphatic heterocycles. The van der Waals surface area contributed by atoms with Crippen molar-refractivity contribution in [2.75, 3.05) is 19.5 Å². The van der Waals surface area contributed by atoms with Gasteiger partial charge in [-0.05, 0) is 36.6 Å². The van der Waals surface area contributed by atoms with E-state index in [1.807, 2.05) is 45.0 Å². The fourth-order valence-corrected chi connectivity index (χ4v) is 3.78. The predicted octanol–water partition coefficient (Wildman–Crippen LogP) is 4.39. The Bertz CT molecular complexity index is 996. The molecule has 0 saturated heterocycles. The summed E-state index contributed by atoms with van der Waals surface area (Å²) in [7, 11) is 3.17. The summed E-state index contributed by atoms with van der Waals surface area (Å²) in [5.41, 5.74) is 2.25. The van der Waals surface area contributed by atoms with Crippen LogP contribution in [0.2, 0.25) is 0 Å². The van der Waals surface area contributed by atoms with Crippen LogP contribution in [0.15, 0.2) is 36.4 Å². The SMILES string of the molecule is COc1cccc(CN2Cc3cc(NC(=O)CC(C)(C)C)ccc3O[C@@H](C)C2=O)c1OC. The van der Waals surface area contributed by atoms with Crippen LogP contribution in [-0.4, -0.2) is 37.0 Å². The number of nitrogens with zero attached hydrogens (tertiary/aromatic N) is 1. The molecule has 1 aliphatic rings. The number of benzene rings is 2. The molecule has 0 aromatic heterocycles. The number of nitrogens with one attached hydrogen (secondary N) is 1. The number of fused-ring (bicyclic) bond motifs is 1. The van der Waals surface area contributed by atoms with E-state index in [9.17, 15) is 9.59 Å². The molecule has 0 saturated carbocycles. The molecule has 2 aromatic carbocycles. The minimum atomic E-state index is -0.630. The van der Waals surface area contributed by atoms with Gasteiger partial charge in [0.05, 0.1) is 14.2 Å². The molecule has 0 unspecified atom stereocenters. The average molecular weight is 441 g/mol. The molecule has 2 amide bonds. The summed E-state index contributed by atoms with van der Waals surface area (Å²) in [6.45, 7) is 8.50. The maximum Gasteiger partial charge on any atom is 0.263 e. The van der Waals surface area contributed by atoms with Gasteiger partial charge in [-0.3, -0.25) is 9.59 Å². The Morgan fingerprint density at radius 1 is 1.19 bits per heavy atom. The van der Waals surface area contributed by atoms with Crippen LogP contribution in [0, 0.1) is 5.41 Å². The normalized spacial score (nSPS) is 16.0. The first-order valence-corrected chi connectivity index (χ1v) is 10.7. The first kappa shape index (κ1) is 23.4. The zero-order chi connectivity index (χ0) is 23.5. The fraction of sp³-hybridized carbons (Fsp3) is 0.440. The van der Waals surface area contributed by atoms with Gasteiger partial charge in [0.25, 0.3) is 5.91 Å². The van der Waals surface area contributed by atoms with Crippen molar-refractivity contribution < 1.29 is 23.8 Å². The molecule has 7 nitrogen and oxygen atoms in total. The highest BCUT2D eigenvalue weighted by atomic mass is 16.5. The van der Waals surface area contributed by atoms with E-state index < -0.39 is 6.10 Å². The highest BCUT2D eigenvalue weighted by Crippen LogP contribution is 2.34. The number of ether oxygens (including phenoxy) is 3. The number of methoxy groups -OCH3 is 2. The largest absolute Gasteiger partial charge is 0.493 e. The Kier molecular flexibility index (Phi) is 6.96. The minimum Gasteiger partial charge on any atom is -0.493 e. The van der Waals surface area contributed by atoms with Crippen LogP contribution in [0.3, 0.4) is 0 Å². The van der Waals surface area contributed by atoms with E-state index in [-0.39, 0.29) is 17.2 Å². The van der Waals surface area contributed by atoms with Gasteiger partial charge in [0, 0.05) is 36.3 Å². The lowest BCUT2D eigenvalue weighted by Crippen LogP contribution is -2.37. The van der Waals surface area contributed by atoms with Crippen LogP contribution < -0.4 is 19.5 Å². The van der Waals surface area contributed by atoms with E-state index in [2.05, 4.69) is 5.32 Å². The second-order valence-corrected chi connectivity index (χ2v) is 9.22. The minimum absolute atomic E-state index is 0.0468. The van der Waals surface area contributed by atoms with Crippen LogP contribution >= 0.6 is 0 Å². The summed E-state index contributed by atoms with van der Waals surface area (Å²) in [5.74, 6) is 1.68. The quantitative estimate of drug-likeness (QED) is 0.721. The van der Waals surface area contributed by atoms with Crippen molar-refractivity contribution in [2.24, 2.45) is 5.41 Å². The summed E-state index contributed by atoms with van der Waals surface area (Å²) in [6, 6.07) is 11.1. The summed E-state index contributed by atoms with van der Waals surface area (Å²) in [5, 5.41) is 2.95. The number of anilines is 1. The smallest absolute Gasteiger partial charge is 0.263 e. The van der Waals surface area contributed by atoms with Gasteiger partial charge in [-0.15, -0.1) is 0 Å². The number of hydrogen-bond acceptors (Lipinski definition) is 5. The molecule has 0 fully saturated rings. The standard InChI is InChI=1S/C25H32N2O5/c1-16-24(29)27(14-17-8-7-9-21(30-5)23(17)31-6)15-18-12-19(10-11-20(18)32-16)26-22(28)13-25(2,3)4/h7-12,16H,13-15H2,1-6H3,(H,26,28)/t16-/m0/s1. The van der Waals surface area contributed by atoms with Crippen molar-refractivity contribution in [1.82, 2.24) is 4.90 Å². The van der Waals surface area contributed by atoms with Crippen molar-refractivity contribution in [3.63, 3.8) is 0 Å². The third kappa shape index (κ3) is 5.52. The van der Waals surface area contributed by atoms with Crippen molar-refractivity contribution in [3.05, 3.63) is 47.5 Å². The zero-order valence-corrected chi connectivity index (χ0v) is 19.7. The third-order valence-corrected chi connectivity index (χ3v) is 5.21. The molecule has 0 bridgehead atoms. The number of carbonyl (C=O) groups is 2. The summed E-state index contributed by atoms with van der Waals surface area (Å²) in [4.78, 5) is 27.2. The Labute approximate surface area is 189 Å². The van der Waals surface area contributed by atoms with Gasteiger partial charge in [-0.25, -0.2) is 0 Å². The molecule has 7 heteroatoms. The fourth-order valence-electron chi connectivity index (χ4n) is 3.78.